The molecule has 3 aliphatic rings. The number of carbonyl (C=O) groups excluding carboxylic acids is 3. The Kier molecular flexibility index (Phi) is 4.98. The van der Waals surface area contributed by atoms with E-state index >= 15 is 0 Å². The minimum absolute atomic E-state index is 0.0962. The van der Waals surface area contributed by atoms with Crippen molar-refractivity contribution in [3.8, 4) is 0 Å². The number of piperidine rings is 1. The zero-order chi connectivity index (χ0) is 18.8. The quantitative estimate of drug-likeness (QED) is 0.772. The maximum atomic E-state index is 12.7. The van der Waals surface area contributed by atoms with Crippen LogP contribution in [0.5, 0.6) is 0 Å². The van der Waals surface area contributed by atoms with Crippen molar-refractivity contribution in [2.75, 3.05) is 49.5 Å². The van der Waals surface area contributed by atoms with Crippen LogP contribution in [0.4, 0.5) is 16.2 Å². The molecule has 3 heterocycles. The van der Waals surface area contributed by atoms with Crippen LogP contribution in [0.2, 0.25) is 0 Å². The van der Waals surface area contributed by atoms with Crippen molar-refractivity contribution in [2.24, 2.45) is 0 Å². The summed E-state index contributed by atoms with van der Waals surface area (Å²) in [5.41, 5.74) is 1.57. The molecule has 0 radical (unpaired) electrons. The standard InChI is InChI=1S/C19H25N5O3/c25-17-7-10-23(17)15-5-3-14(4-6-15)21-19(27)22-9-1-2-16(13-22)24-11-8-20-12-18(24)26/h3-6,16,20H,1-2,7-13H2,(H,21,27). The van der Waals surface area contributed by atoms with Gasteiger partial charge in [-0.1, -0.05) is 0 Å². The van der Waals surface area contributed by atoms with Gasteiger partial charge >= 0.3 is 6.03 Å². The third-order valence-corrected chi connectivity index (χ3v) is 5.53. The highest BCUT2D eigenvalue weighted by molar-refractivity contribution is 5.99. The van der Waals surface area contributed by atoms with Gasteiger partial charge in [-0.05, 0) is 37.1 Å². The Balaban J connectivity index is 1.34. The van der Waals surface area contributed by atoms with Crippen LogP contribution in [0.15, 0.2) is 24.3 Å². The SMILES string of the molecule is O=C(Nc1ccc(N2CCC2=O)cc1)N1CCCC(N2CCNCC2=O)C1. The third-order valence-electron chi connectivity index (χ3n) is 5.53. The Morgan fingerprint density at radius 3 is 2.56 bits per heavy atom. The fourth-order valence-corrected chi connectivity index (χ4v) is 3.92. The number of carbonyl (C=O) groups is 3. The topological polar surface area (TPSA) is 85.0 Å². The lowest BCUT2D eigenvalue weighted by atomic mass is 10.0. The number of hydrogen-bond acceptors (Lipinski definition) is 4. The molecule has 0 spiro atoms. The normalized spacial score (nSPS) is 23.3. The largest absolute Gasteiger partial charge is 0.336 e. The second kappa shape index (κ2) is 7.56. The lowest BCUT2D eigenvalue weighted by Gasteiger charge is -2.41. The molecule has 3 saturated heterocycles. The first kappa shape index (κ1) is 17.8. The molecular weight excluding hydrogens is 346 g/mol. The lowest BCUT2D eigenvalue weighted by Crippen LogP contribution is -2.57. The first-order valence-corrected chi connectivity index (χ1v) is 9.58. The molecule has 27 heavy (non-hydrogen) atoms. The Morgan fingerprint density at radius 2 is 1.89 bits per heavy atom. The molecule has 0 saturated carbocycles. The second-order valence-electron chi connectivity index (χ2n) is 7.28. The van der Waals surface area contributed by atoms with Crippen molar-refractivity contribution in [3.63, 3.8) is 0 Å². The molecule has 3 fully saturated rings. The number of amides is 4. The van der Waals surface area contributed by atoms with Gasteiger partial charge in [-0.3, -0.25) is 9.59 Å². The minimum Gasteiger partial charge on any atom is -0.336 e. The Morgan fingerprint density at radius 1 is 1.07 bits per heavy atom. The van der Waals surface area contributed by atoms with Gasteiger partial charge in [0.2, 0.25) is 11.8 Å². The summed E-state index contributed by atoms with van der Waals surface area (Å²) in [5, 5.41) is 6.01. The van der Waals surface area contributed by atoms with Crippen LogP contribution in [-0.2, 0) is 9.59 Å². The molecule has 1 atom stereocenters. The summed E-state index contributed by atoms with van der Waals surface area (Å²) >= 11 is 0. The Bertz CT molecular complexity index is 735. The summed E-state index contributed by atoms with van der Waals surface area (Å²) in [6.07, 6.45) is 2.43. The summed E-state index contributed by atoms with van der Waals surface area (Å²) in [5.74, 6) is 0.248. The van der Waals surface area contributed by atoms with Crippen LogP contribution in [0.1, 0.15) is 19.3 Å². The molecule has 2 N–H and O–H groups in total. The Hall–Kier alpha value is -2.61. The number of likely N-dealkylation sites (tertiary alicyclic amines) is 1. The summed E-state index contributed by atoms with van der Waals surface area (Å²) in [6, 6.07) is 7.30. The van der Waals surface area contributed by atoms with E-state index in [1.54, 1.807) is 9.80 Å². The molecule has 1 unspecified atom stereocenters. The van der Waals surface area contributed by atoms with E-state index in [0.29, 0.717) is 38.3 Å². The fraction of sp³-hybridized carbons (Fsp3) is 0.526. The van der Waals surface area contributed by atoms with Crippen LogP contribution in [0.25, 0.3) is 0 Å². The average molecular weight is 371 g/mol. The molecule has 1 aromatic carbocycles. The van der Waals surface area contributed by atoms with E-state index in [0.717, 1.165) is 31.6 Å². The lowest BCUT2D eigenvalue weighted by molar-refractivity contribution is -0.135. The molecule has 3 aliphatic heterocycles. The van der Waals surface area contributed by atoms with Crippen LogP contribution >= 0.6 is 0 Å². The summed E-state index contributed by atoms with van der Waals surface area (Å²) in [4.78, 5) is 41.7. The number of β-lactam (4-membered cyclic amide) rings is 1. The number of piperazine rings is 1. The summed E-state index contributed by atoms with van der Waals surface area (Å²) < 4.78 is 0. The Labute approximate surface area is 158 Å². The molecule has 0 bridgehead atoms. The molecule has 8 heteroatoms. The van der Waals surface area contributed by atoms with Gasteiger partial charge in [0.25, 0.3) is 0 Å². The first-order valence-electron chi connectivity index (χ1n) is 9.58. The van der Waals surface area contributed by atoms with Crippen molar-refractivity contribution in [3.05, 3.63) is 24.3 Å². The zero-order valence-corrected chi connectivity index (χ0v) is 15.3. The van der Waals surface area contributed by atoms with E-state index in [1.807, 2.05) is 29.2 Å². The smallest absolute Gasteiger partial charge is 0.321 e. The molecule has 8 nitrogen and oxygen atoms in total. The number of benzene rings is 1. The van der Waals surface area contributed by atoms with Crippen molar-refractivity contribution in [2.45, 2.75) is 25.3 Å². The highest BCUT2D eigenvalue weighted by Crippen LogP contribution is 2.24. The van der Waals surface area contributed by atoms with Crippen LogP contribution in [0.3, 0.4) is 0 Å². The monoisotopic (exact) mass is 371 g/mol. The van der Waals surface area contributed by atoms with E-state index in [9.17, 15) is 14.4 Å². The summed E-state index contributed by atoms with van der Waals surface area (Å²) in [6.45, 7) is 3.91. The third kappa shape index (κ3) is 3.75. The highest BCUT2D eigenvalue weighted by atomic mass is 16.2. The van der Waals surface area contributed by atoms with E-state index < -0.39 is 0 Å². The van der Waals surface area contributed by atoms with Crippen molar-refractivity contribution >= 4 is 29.2 Å². The fourth-order valence-electron chi connectivity index (χ4n) is 3.92. The minimum atomic E-state index is -0.143. The molecule has 4 rings (SSSR count). The number of nitrogens with one attached hydrogen (secondary N) is 2. The van der Waals surface area contributed by atoms with Crippen molar-refractivity contribution < 1.29 is 14.4 Å². The van der Waals surface area contributed by atoms with Crippen molar-refractivity contribution in [1.29, 1.82) is 0 Å². The molecule has 144 valence electrons. The van der Waals surface area contributed by atoms with E-state index in [1.165, 1.54) is 0 Å². The maximum absolute atomic E-state index is 12.7. The first-order chi connectivity index (χ1) is 13.1. The molecule has 0 aliphatic carbocycles. The van der Waals surface area contributed by atoms with Crippen molar-refractivity contribution in [1.82, 2.24) is 15.1 Å². The maximum Gasteiger partial charge on any atom is 0.321 e. The molecule has 4 amide bonds. The van der Waals surface area contributed by atoms with Crippen LogP contribution < -0.4 is 15.5 Å². The molecule has 0 aromatic heterocycles. The van der Waals surface area contributed by atoms with Gasteiger partial charge in [0, 0.05) is 56.6 Å². The van der Waals surface area contributed by atoms with E-state index in [4.69, 9.17) is 0 Å². The average Bonchev–Trinajstić information content (AvgIpc) is 2.68. The zero-order valence-electron chi connectivity index (χ0n) is 15.3. The predicted octanol–water partition coefficient (Wildman–Crippen LogP) is 0.851. The summed E-state index contributed by atoms with van der Waals surface area (Å²) in [7, 11) is 0. The van der Waals surface area contributed by atoms with Gasteiger partial charge in [0.05, 0.1) is 6.54 Å². The van der Waals surface area contributed by atoms with Gasteiger partial charge < -0.3 is 25.3 Å². The highest BCUT2D eigenvalue weighted by Gasteiger charge is 2.31. The van der Waals surface area contributed by atoms with Gasteiger partial charge in [0.1, 0.15) is 0 Å². The van der Waals surface area contributed by atoms with E-state index in [-0.39, 0.29) is 23.9 Å². The molecule has 1 aromatic rings. The molecular formula is C19H25N5O3. The number of anilines is 2. The van der Waals surface area contributed by atoms with Crippen LogP contribution in [0, 0.1) is 0 Å². The van der Waals surface area contributed by atoms with Gasteiger partial charge in [0.15, 0.2) is 0 Å². The van der Waals surface area contributed by atoms with Gasteiger partial charge in [-0.25, -0.2) is 4.79 Å². The predicted molar refractivity (Wildman–Crippen MR) is 102 cm³/mol. The number of nitrogens with zero attached hydrogens (tertiary/aromatic N) is 3. The van der Waals surface area contributed by atoms with Gasteiger partial charge in [-0.15, -0.1) is 0 Å². The number of rotatable bonds is 3. The number of hydrogen-bond donors (Lipinski definition) is 2. The second-order valence-corrected chi connectivity index (χ2v) is 7.28. The van der Waals surface area contributed by atoms with Gasteiger partial charge in [-0.2, -0.15) is 0 Å². The van der Waals surface area contributed by atoms with E-state index in [2.05, 4.69) is 10.6 Å². The number of urea groups is 1. The van der Waals surface area contributed by atoms with Crippen LogP contribution in [-0.4, -0.2) is 73.0 Å².